The minimum absolute atomic E-state index is 0.00921. The van der Waals surface area contributed by atoms with Gasteiger partial charge in [0, 0.05) is 24.5 Å². The van der Waals surface area contributed by atoms with Gasteiger partial charge in [0.05, 0.1) is 0 Å². The lowest BCUT2D eigenvalue weighted by atomic mass is 9.99. The summed E-state index contributed by atoms with van der Waals surface area (Å²) in [6.45, 7) is 10.1. The average Bonchev–Trinajstić information content (AvgIpc) is 2.67. The summed E-state index contributed by atoms with van der Waals surface area (Å²) >= 11 is 0. The average molecular weight is 367 g/mol. The van der Waals surface area contributed by atoms with E-state index in [-0.39, 0.29) is 5.91 Å². The van der Waals surface area contributed by atoms with Crippen LogP contribution in [0.5, 0.6) is 0 Å². The lowest BCUT2D eigenvalue weighted by Crippen LogP contribution is -2.38. The quantitative estimate of drug-likeness (QED) is 0.845. The molecule has 3 rings (SSSR count). The molecule has 27 heavy (non-hydrogen) atoms. The molecular formula is C22H30N4O. The van der Waals surface area contributed by atoms with Crippen LogP contribution in [0, 0.1) is 12.8 Å². The second-order valence-electron chi connectivity index (χ2n) is 7.48. The maximum Gasteiger partial charge on any atom is 0.272 e. The summed E-state index contributed by atoms with van der Waals surface area (Å²) in [6.07, 6.45) is 3.98. The molecule has 2 heterocycles. The van der Waals surface area contributed by atoms with Crippen LogP contribution in [-0.2, 0) is 12.8 Å². The van der Waals surface area contributed by atoms with E-state index < -0.39 is 0 Å². The largest absolute Gasteiger partial charge is 0.337 e. The van der Waals surface area contributed by atoms with Gasteiger partial charge in [-0.3, -0.25) is 4.79 Å². The standard InChI is InChI=1S/C22H30N4O/c1-5-17-8-7-9-18(6-2)20(17)25-22-23-16(4)14-19(24-22)21(27)26-12-10-15(3)11-13-26/h7-9,14-15H,5-6,10-13H2,1-4H3,(H,23,24,25). The molecule has 144 valence electrons. The first-order chi connectivity index (χ1) is 13.0. The number of benzene rings is 1. The monoisotopic (exact) mass is 366 g/mol. The van der Waals surface area contributed by atoms with E-state index in [9.17, 15) is 4.79 Å². The van der Waals surface area contributed by atoms with Crippen molar-refractivity contribution in [3.8, 4) is 0 Å². The second kappa shape index (κ2) is 8.51. The molecule has 1 aromatic carbocycles. The highest BCUT2D eigenvalue weighted by molar-refractivity contribution is 5.92. The van der Waals surface area contributed by atoms with Gasteiger partial charge in [0.15, 0.2) is 0 Å². The van der Waals surface area contributed by atoms with Crippen molar-refractivity contribution in [3.63, 3.8) is 0 Å². The van der Waals surface area contributed by atoms with Gasteiger partial charge in [-0.15, -0.1) is 0 Å². The number of hydrogen-bond acceptors (Lipinski definition) is 4. The van der Waals surface area contributed by atoms with Gasteiger partial charge in [0.2, 0.25) is 5.95 Å². The van der Waals surface area contributed by atoms with Crippen LogP contribution in [-0.4, -0.2) is 33.9 Å². The first kappa shape index (κ1) is 19.3. The summed E-state index contributed by atoms with van der Waals surface area (Å²) in [5.41, 5.74) is 4.81. The van der Waals surface area contributed by atoms with Crippen LogP contribution in [0.1, 0.15) is 60.9 Å². The number of amides is 1. The van der Waals surface area contributed by atoms with E-state index in [4.69, 9.17) is 0 Å². The number of rotatable bonds is 5. The summed E-state index contributed by atoms with van der Waals surface area (Å²) in [4.78, 5) is 23.9. The zero-order chi connectivity index (χ0) is 19.4. The molecule has 0 aliphatic carbocycles. The Balaban J connectivity index is 1.87. The molecule has 0 atom stereocenters. The fraction of sp³-hybridized carbons (Fsp3) is 0.500. The van der Waals surface area contributed by atoms with Crippen LogP contribution in [0.25, 0.3) is 0 Å². The molecule has 5 nitrogen and oxygen atoms in total. The molecule has 0 radical (unpaired) electrons. The predicted octanol–water partition coefficient (Wildman–Crippen LogP) is 4.53. The van der Waals surface area contributed by atoms with Crippen LogP contribution in [0.3, 0.4) is 0 Å². The summed E-state index contributed by atoms with van der Waals surface area (Å²) in [5, 5.41) is 3.40. The zero-order valence-electron chi connectivity index (χ0n) is 16.9. The van der Waals surface area contributed by atoms with Crippen LogP contribution in [0.2, 0.25) is 0 Å². The third kappa shape index (κ3) is 4.46. The van der Waals surface area contributed by atoms with Gasteiger partial charge in [0.1, 0.15) is 5.69 Å². The normalized spacial score (nSPS) is 15.0. The van der Waals surface area contributed by atoms with Crippen molar-refractivity contribution in [2.45, 2.75) is 53.4 Å². The zero-order valence-corrected chi connectivity index (χ0v) is 16.9. The first-order valence-electron chi connectivity index (χ1n) is 10.0. The number of nitrogens with zero attached hydrogens (tertiary/aromatic N) is 3. The molecule has 1 aliphatic heterocycles. The Labute approximate surface area is 162 Å². The predicted molar refractivity (Wildman–Crippen MR) is 110 cm³/mol. The fourth-order valence-corrected chi connectivity index (χ4v) is 3.62. The minimum Gasteiger partial charge on any atom is -0.337 e. The SMILES string of the molecule is CCc1cccc(CC)c1Nc1nc(C)cc(C(=O)N2CCC(C)CC2)n1. The number of likely N-dealkylation sites (tertiary alicyclic amines) is 1. The number of para-hydroxylation sites is 1. The highest BCUT2D eigenvalue weighted by atomic mass is 16.2. The Hall–Kier alpha value is -2.43. The van der Waals surface area contributed by atoms with Crippen LogP contribution in [0.15, 0.2) is 24.3 Å². The first-order valence-corrected chi connectivity index (χ1v) is 10.0. The summed E-state index contributed by atoms with van der Waals surface area (Å²) < 4.78 is 0. The van der Waals surface area contributed by atoms with E-state index >= 15 is 0 Å². The van der Waals surface area contributed by atoms with Crippen LogP contribution < -0.4 is 5.32 Å². The molecule has 0 saturated carbocycles. The van der Waals surface area contributed by atoms with Gasteiger partial charge in [-0.2, -0.15) is 0 Å². The van der Waals surface area contributed by atoms with Crippen molar-refractivity contribution in [2.75, 3.05) is 18.4 Å². The van der Waals surface area contributed by atoms with Gasteiger partial charge in [0.25, 0.3) is 5.91 Å². The van der Waals surface area contributed by atoms with Gasteiger partial charge in [-0.1, -0.05) is 39.0 Å². The maximum atomic E-state index is 12.9. The van der Waals surface area contributed by atoms with Crippen molar-refractivity contribution in [2.24, 2.45) is 5.92 Å². The van der Waals surface area contributed by atoms with E-state index in [0.29, 0.717) is 17.6 Å². The Kier molecular flexibility index (Phi) is 6.09. The van der Waals surface area contributed by atoms with Gasteiger partial charge < -0.3 is 10.2 Å². The topological polar surface area (TPSA) is 58.1 Å². The van der Waals surface area contributed by atoms with Gasteiger partial charge >= 0.3 is 0 Å². The molecule has 1 aromatic heterocycles. The van der Waals surface area contributed by atoms with E-state index in [1.54, 1.807) is 6.07 Å². The van der Waals surface area contributed by atoms with Gasteiger partial charge in [-0.05, 0) is 55.7 Å². The number of nitrogens with one attached hydrogen (secondary N) is 1. The van der Waals surface area contributed by atoms with E-state index in [1.165, 1.54) is 11.1 Å². The van der Waals surface area contributed by atoms with Gasteiger partial charge in [-0.25, -0.2) is 9.97 Å². The van der Waals surface area contributed by atoms with E-state index in [0.717, 1.165) is 50.2 Å². The third-order valence-electron chi connectivity index (χ3n) is 5.38. The molecule has 1 saturated heterocycles. The Bertz CT molecular complexity index is 788. The minimum atomic E-state index is 0.00921. The Morgan fingerprint density at radius 1 is 1.15 bits per heavy atom. The summed E-state index contributed by atoms with van der Waals surface area (Å²) in [6, 6.07) is 8.13. The molecule has 1 fully saturated rings. The lowest BCUT2D eigenvalue weighted by Gasteiger charge is -2.30. The molecule has 1 amide bonds. The highest BCUT2D eigenvalue weighted by Gasteiger charge is 2.23. The number of hydrogen-bond donors (Lipinski definition) is 1. The molecule has 0 spiro atoms. The van der Waals surface area contributed by atoms with Crippen molar-refractivity contribution < 1.29 is 4.79 Å². The van der Waals surface area contributed by atoms with Crippen LogP contribution >= 0.6 is 0 Å². The van der Waals surface area contributed by atoms with E-state index in [2.05, 4.69) is 54.3 Å². The fourth-order valence-electron chi connectivity index (χ4n) is 3.62. The Morgan fingerprint density at radius 3 is 2.37 bits per heavy atom. The number of carbonyl (C=O) groups excluding carboxylic acids is 1. The number of aromatic nitrogens is 2. The lowest BCUT2D eigenvalue weighted by molar-refractivity contribution is 0.0691. The Morgan fingerprint density at radius 2 is 1.78 bits per heavy atom. The maximum absolute atomic E-state index is 12.9. The molecule has 5 heteroatoms. The second-order valence-corrected chi connectivity index (χ2v) is 7.48. The number of anilines is 2. The van der Waals surface area contributed by atoms with Crippen molar-refractivity contribution >= 4 is 17.5 Å². The molecule has 0 unspecified atom stereocenters. The molecule has 0 bridgehead atoms. The number of carbonyl (C=O) groups is 1. The molecular weight excluding hydrogens is 336 g/mol. The van der Waals surface area contributed by atoms with Crippen molar-refractivity contribution in [1.82, 2.24) is 14.9 Å². The van der Waals surface area contributed by atoms with E-state index in [1.807, 2.05) is 11.8 Å². The molecule has 2 aromatic rings. The van der Waals surface area contributed by atoms with Crippen LogP contribution in [0.4, 0.5) is 11.6 Å². The number of aryl methyl sites for hydroxylation is 3. The van der Waals surface area contributed by atoms with Crippen molar-refractivity contribution in [3.05, 3.63) is 46.8 Å². The van der Waals surface area contributed by atoms with Crippen molar-refractivity contribution in [1.29, 1.82) is 0 Å². The third-order valence-corrected chi connectivity index (χ3v) is 5.38. The highest BCUT2D eigenvalue weighted by Crippen LogP contribution is 2.26. The smallest absolute Gasteiger partial charge is 0.272 e. The molecule has 1 N–H and O–H groups in total. The number of piperidine rings is 1. The molecule has 1 aliphatic rings. The summed E-state index contributed by atoms with van der Waals surface area (Å²) in [7, 11) is 0. The summed E-state index contributed by atoms with van der Waals surface area (Å²) in [5.74, 6) is 1.20.